The standard InChI is InChI=1S/C26H28N8O2/c1-5-21-27-24-22(25(35)34(14-16(2)3)26(36)32(24)4)33(21)15-17-10-12-18(13-11-17)19-8-6-7-9-20(19)23-28-30-31-29-23/h6-13,16H,5,14-15H2,1-4H3,(H,28,29,30,31). The minimum Gasteiger partial charge on any atom is -0.318 e. The van der Waals surface area contributed by atoms with Crippen LogP contribution in [0.25, 0.3) is 33.7 Å². The number of nitrogens with zero attached hydrogens (tertiary/aromatic N) is 7. The second-order valence-electron chi connectivity index (χ2n) is 9.27. The van der Waals surface area contributed by atoms with E-state index >= 15 is 0 Å². The lowest BCUT2D eigenvalue weighted by Gasteiger charge is -2.13. The highest BCUT2D eigenvalue weighted by molar-refractivity contribution is 5.80. The molecule has 0 saturated heterocycles. The molecule has 10 nitrogen and oxygen atoms in total. The van der Waals surface area contributed by atoms with Gasteiger partial charge in [0.05, 0.1) is 0 Å². The molecule has 5 aromatic rings. The van der Waals surface area contributed by atoms with Crippen molar-refractivity contribution in [2.75, 3.05) is 0 Å². The molecule has 0 aliphatic rings. The van der Waals surface area contributed by atoms with Crippen LogP contribution in [-0.2, 0) is 26.6 Å². The molecule has 3 aromatic heterocycles. The first kappa shape index (κ1) is 23.4. The number of fused-ring (bicyclic) bond motifs is 1. The molecular weight excluding hydrogens is 456 g/mol. The van der Waals surface area contributed by atoms with Crippen LogP contribution in [0.5, 0.6) is 0 Å². The van der Waals surface area contributed by atoms with Crippen LogP contribution < -0.4 is 11.2 Å². The monoisotopic (exact) mass is 484 g/mol. The number of aromatic amines is 1. The zero-order valence-electron chi connectivity index (χ0n) is 20.8. The van der Waals surface area contributed by atoms with Crippen LogP contribution in [0.1, 0.15) is 32.2 Å². The lowest BCUT2D eigenvalue weighted by atomic mass is 9.98. The Kier molecular flexibility index (Phi) is 6.09. The van der Waals surface area contributed by atoms with Gasteiger partial charge in [-0.15, -0.1) is 10.2 Å². The molecule has 0 aliphatic heterocycles. The molecule has 0 radical (unpaired) electrons. The van der Waals surface area contributed by atoms with Gasteiger partial charge in [0.2, 0.25) is 5.82 Å². The Hall–Kier alpha value is -4.34. The van der Waals surface area contributed by atoms with E-state index in [0.717, 1.165) is 28.1 Å². The van der Waals surface area contributed by atoms with E-state index in [1.165, 1.54) is 9.13 Å². The molecule has 0 atom stereocenters. The predicted octanol–water partition coefficient (Wildman–Crippen LogP) is 3.01. The number of nitrogens with one attached hydrogen (secondary N) is 1. The number of aryl methyl sites for hydroxylation is 2. The molecule has 1 N–H and O–H groups in total. The summed E-state index contributed by atoms with van der Waals surface area (Å²) in [6, 6.07) is 16.1. The summed E-state index contributed by atoms with van der Waals surface area (Å²) in [5, 5.41) is 14.4. The zero-order valence-corrected chi connectivity index (χ0v) is 20.8. The third-order valence-corrected chi connectivity index (χ3v) is 6.29. The van der Waals surface area contributed by atoms with Crippen molar-refractivity contribution in [2.45, 2.75) is 40.3 Å². The van der Waals surface area contributed by atoms with Gasteiger partial charge in [0.1, 0.15) is 5.82 Å². The fourth-order valence-electron chi connectivity index (χ4n) is 4.56. The van der Waals surface area contributed by atoms with E-state index in [1.54, 1.807) is 7.05 Å². The molecule has 36 heavy (non-hydrogen) atoms. The summed E-state index contributed by atoms with van der Waals surface area (Å²) >= 11 is 0. The van der Waals surface area contributed by atoms with Crippen molar-refractivity contribution in [1.29, 1.82) is 0 Å². The Morgan fingerprint density at radius 2 is 1.69 bits per heavy atom. The van der Waals surface area contributed by atoms with E-state index in [9.17, 15) is 9.59 Å². The lowest BCUT2D eigenvalue weighted by molar-refractivity contribution is 0.484. The van der Waals surface area contributed by atoms with Gasteiger partial charge in [0, 0.05) is 32.1 Å². The van der Waals surface area contributed by atoms with Crippen molar-refractivity contribution in [1.82, 2.24) is 39.3 Å². The summed E-state index contributed by atoms with van der Waals surface area (Å²) in [7, 11) is 1.67. The van der Waals surface area contributed by atoms with Crippen molar-refractivity contribution in [3.63, 3.8) is 0 Å². The molecule has 0 bridgehead atoms. The Labute approximate surface area is 207 Å². The van der Waals surface area contributed by atoms with Crippen molar-refractivity contribution in [3.8, 4) is 22.5 Å². The second kappa shape index (κ2) is 9.37. The average Bonchev–Trinajstić information content (AvgIpc) is 3.54. The number of hydrogen-bond donors (Lipinski definition) is 1. The minimum absolute atomic E-state index is 0.165. The third-order valence-electron chi connectivity index (χ3n) is 6.29. The van der Waals surface area contributed by atoms with Gasteiger partial charge in [-0.1, -0.05) is 69.3 Å². The molecule has 3 heterocycles. The van der Waals surface area contributed by atoms with Gasteiger partial charge >= 0.3 is 5.69 Å². The van der Waals surface area contributed by atoms with E-state index < -0.39 is 0 Å². The van der Waals surface area contributed by atoms with Crippen LogP contribution in [-0.4, -0.2) is 39.3 Å². The summed E-state index contributed by atoms with van der Waals surface area (Å²) < 4.78 is 4.74. The number of aromatic nitrogens is 8. The van der Waals surface area contributed by atoms with Gasteiger partial charge in [-0.05, 0) is 27.8 Å². The lowest BCUT2D eigenvalue weighted by Crippen LogP contribution is -2.40. The van der Waals surface area contributed by atoms with E-state index in [2.05, 4.69) is 25.6 Å². The number of H-pyrrole nitrogens is 1. The third kappa shape index (κ3) is 4.04. The number of tetrazole rings is 1. The molecule has 10 heteroatoms. The zero-order chi connectivity index (χ0) is 25.4. The van der Waals surface area contributed by atoms with Gasteiger partial charge in [-0.2, -0.15) is 5.21 Å². The first-order chi connectivity index (χ1) is 17.4. The summed E-state index contributed by atoms with van der Waals surface area (Å²) in [6.45, 7) is 6.82. The Morgan fingerprint density at radius 1 is 0.972 bits per heavy atom. The van der Waals surface area contributed by atoms with Crippen LogP contribution in [0.3, 0.4) is 0 Å². The first-order valence-corrected chi connectivity index (χ1v) is 12.0. The summed E-state index contributed by atoms with van der Waals surface area (Å²) in [5.74, 6) is 1.47. The smallest absolute Gasteiger partial charge is 0.318 e. The molecule has 0 unspecified atom stereocenters. The van der Waals surface area contributed by atoms with E-state index in [-0.39, 0.29) is 17.2 Å². The summed E-state index contributed by atoms with van der Waals surface area (Å²) in [5.41, 5.74) is 4.19. The van der Waals surface area contributed by atoms with E-state index in [0.29, 0.717) is 36.5 Å². The van der Waals surface area contributed by atoms with Crippen LogP contribution in [0, 0.1) is 5.92 Å². The minimum atomic E-state index is -0.335. The second-order valence-corrected chi connectivity index (χ2v) is 9.27. The number of rotatable bonds is 7. The van der Waals surface area contributed by atoms with Crippen molar-refractivity contribution < 1.29 is 0 Å². The topological polar surface area (TPSA) is 116 Å². The van der Waals surface area contributed by atoms with Gasteiger partial charge in [0.25, 0.3) is 5.56 Å². The van der Waals surface area contributed by atoms with Gasteiger partial charge in [-0.3, -0.25) is 13.9 Å². The summed E-state index contributed by atoms with van der Waals surface area (Å²) in [6.07, 6.45) is 0.642. The molecular formula is C26H28N8O2. The van der Waals surface area contributed by atoms with E-state index in [1.807, 2.05) is 73.9 Å². The first-order valence-electron chi connectivity index (χ1n) is 12.0. The molecule has 5 rings (SSSR count). The molecule has 0 saturated carbocycles. The molecule has 184 valence electrons. The maximum Gasteiger partial charge on any atom is 0.332 e. The van der Waals surface area contributed by atoms with Crippen molar-refractivity contribution >= 4 is 11.2 Å². The highest BCUT2D eigenvalue weighted by Gasteiger charge is 2.20. The van der Waals surface area contributed by atoms with Gasteiger partial charge in [-0.25, -0.2) is 9.78 Å². The molecule has 0 fully saturated rings. The number of benzene rings is 2. The quantitative estimate of drug-likeness (QED) is 0.380. The van der Waals surface area contributed by atoms with Crippen LogP contribution in [0.15, 0.2) is 58.1 Å². The Balaban J connectivity index is 1.56. The maximum absolute atomic E-state index is 13.4. The fraction of sp³-hybridized carbons (Fsp3) is 0.308. The maximum atomic E-state index is 13.4. The molecule has 2 aromatic carbocycles. The van der Waals surface area contributed by atoms with Gasteiger partial charge < -0.3 is 4.57 Å². The van der Waals surface area contributed by atoms with Gasteiger partial charge in [0.15, 0.2) is 11.2 Å². The average molecular weight is 485 g/mol. The highest BCUT2D eigenvalue weighted by atomic mass is 16.2. The largest absolute Gasteiger partial charge is 0.332 e. The molecule has 0 aliphatic carbocycles. The Bertz CT molecular complexity index is 1640. The fourth-order valence-corrected chi connectivity index (χ4v) is 4.56. The normalized spacial score (nSPS) is 11.6. The van der Waals surface area contributed by atoms with Crippen LogP contribution in [0.4, 0.5) is 0 Å². The number of imidazole rings is 1. The number of hydrogen-bond acceptors (Lipinski definition) is 6. The highest BCUT2D eigenvalue weighted by Crippen LogP contribution is 2.30. The predicted molar refractivity (Wildman–Crippen MR) is 138 cm³/mol. The van der Waals surface area contributed by atoms with Crippen molar-refractivity contribution in [2.24, 2.45) is 13.0 Å². The van der Waals surface area contributed by atoms with E-state index in [4.69, 9.17) is 0 Å². The van der Waals surface area contributed by atoms with Crippen LogP contribution >= 0.6 is 0 Å². The SMILES string of the molecule is CCc1nc2c(c(=O)n(CC(C)C)c(=O)n2C)n1Cc1ccc(-c2ccccc2-c2nn[nH]n2)cc1. The Morgan fingerprint density at radius 3 is 2.33 bits per heavy atom. The molecule has 0 amide bonds. The van der Waals surface area contributed by atoms with Crippen molar-refractivity contribution in [3.05, 3.63) is 80.8 Å². The molecule has 0 spiro atoms. The summed E-state index contributed by atoms with van der Waals surface area (Å²) in [4.78, 5) is 31.0. The van der Waals surface area contributed by atoms with Crippen LogP contribution in [0.2, 0.25) is 0 Å².